The first-order valence-corrected chi connectivity index (χ1v) is 4.03. The van der Waals surface area contributed by atoms with Crippen LogP contribution < -0.4 is 5.73 Å². The highest BCUT2D eigenvalue weighted by atomic mass is 19.1. The molecule has 0 radical (unpaired) electrons. The van der Waals surface area contributed by atoms with Gasteiger partial charge in [0.2, 0.25) is 0 Å². The highest BCUT2D eigenvalue weighted by molar-refractivity contribution is 5.33. The Hall–Kier alpha value is -1.06. The average Bonchev–Trinajstić information content (AvgIpc) is 2.32. The largest absolute Gasteiger partial charge is 0.380 e. The molecule has 1 unspecified atom stereocenters. The first kappa shape index (κ1) is 9.03. The van der Waals surface area contributed by atoms with Gasteiger partial charge in [-0.05, 0) is 5.92 Å². The molecule has 0 saturated carbocycles. The Morgan fingerprint density at radius 1 is 1.42 bits per heavy atom. The molecule has 1 atom stereocenters. The van der Waals surface area contributed by atoms with Crippen LogP contribution >= 0.6 is 0 Å². The predicted octanol–water partition coefficient (Wildman–Crippen LogP) is 1.89. The number of H-pyrrole nitrogens is 1. The monoisotopic (exact) mass is 171 g/mol. The van der Waals surface area contributed by atoms with E-state index in [2.05, 4.69) is 10.2 Å². The maximum Gasteiger partial charge on any atom is 0.188 e. The van der Waals surface area contributed by atoms with Crippen molar-refractivity contribution in [1.29, 1.82) is 0 Å². The molecule has 0 bridgehead atoms. The fourth-order valence-electron chi connectivity index (χ4n) is 0.992. The van der Waals surface area contributed by atoms with Crippen LogP contribution in [-0.2, 0) is 0 Å². The SMILES string of the molecule is CC(C)C(C)c1[nH]nc(N)c1F. The minimum atomic E-state index is -0.406. The van der Waals surface area contributed by atoms with E-state index >= 15 is 0 Å². The topological polar surface area (TPSA) is 54.7 Å². The minimum absolute atomic E-state index is 0.0440. The van der Waals surface area contributed by atoms with E-state index in [0.29, 0.717) is 11.6 Å². The van der Waals surface area contributed by atoms with Crippen molar-refractivity contribution < 1.29 is 4.39 Å². The number of aromatic nitrogens is 2. The van der Waals surface area contributed by atoms with Crippen LogP contribution in [0.15, 0.2) is 0 Å². The van der Waals surface area contributed by atoms with Crippen LogP contribution in [0.5, 0.6) is 0 Å². The Labute approximate surface area is 71.2 Å². The van der Waals surface area contributed by atoms with Gasteiger partial charge in [-0.3, -0.25) is 5.10 Å². The van der Waals surface area contributed by atoms with E-state index in [1.165, 1.54) is 0 Å². The van der Waals surface area contributed by atoms with Gasteiger partial charge < -0.3 is 5.73 Å². The lowest BCUT2D eigenvalue weighted by atomic mass is 9.95. The second-order valence-electron chi connectivity index (χ2n) is 3.37. The van der Waals surface area contributed by atoms with Gasteiger partial charge in [-0.2, -0.15) is 5.10 Å². The number of nitrogens with zero attached hydrogens (tertiary/aromatic N) is 1. The molecular formula is C8H14FN3. The van der Waals surface area contributed by atoms with Crippen molar-refractivity contribution >= 4 is 5.82 Å². The molecule has 0 fully saturated rings. The zero-order chi connectivity index (χ0) is 9.30. The maximum absolute atomic E-state index is 13.2. The molecule has 0 aromatic carbocycles. The van der Waals surface area contributed by atoms with Gasteiger partial charge in [-0.1, -0.05) is 20.8 Å². The van der Waals surface area contributed by atoms with Crippen LogP contribution in [-0.4, -0.2) is 10.2 Å². The van der Waals surface area contributed by atoms with E-state index in [9.17, 15) is 4.39 Å². The van der Waals surface area contributed by atoms with E-state index in [-0.39, 0.29) is 11.7 Å². The summed E-state index contributed by atoms with van der Waals surface area (Å²) < 4.78 is 13.2. The van der Waals surface area contributed by atoms with Gasteiger partial charge >= 0.3 is 0 Å². The number of hydrogen-bond acceptors (Lipinski definition) is 2. The normalized spacial score (nSPS) is 13.8. The molecule has 12 heavy (non-hydrogen) atoms. The number of nitrogens with two attached hydrogens (primary N) is 1. The summed E-state index contributed by atoms with van der Waals surface area (Å²) >= 11 is 0. The number of nitrogen functional groups attached to an aromatic ring is 1. The van der Waals surface area contributed by atoms with Crippen molar-refractivity contribution in [2.75, 3.05) is 5.73 Å². The summed E-state index contributed by atoms with van der Waals surface area (Å²) in [5.41, 5.74) is 5.76. The lowest BCUT2D eigenvalue weighted by molar-refractivity contribution is 0.493. The summed E-state index contributed by atoms with van der Waals surface area (Å²) in [6, 6.07) is 0. The third-order valence-electron chi connectivity index (χ3n) is 2.21. The second kappa shape index (κ2) is 3.13. The molecule has 0 aliphatic heterocycles. The molecule has 1 aromatic heterocycles. The second-order valence-corrected chi connectivity index (χ2v) is 3.37. The highest BCUT2D eigenvalue weighted by Gasteiger charge is 2.18. The molecule has 3 N–H and O–H groups in total. The lowest BCUT2D eigenvalue weighted by Crippen LogP contribution is -2.04. The summed E-state index contributed by atoms with van der Waals surface area (Å²) in [7, 11) is 0. The molecule has 0 amide bonds. The minimum Gasteiger partial charge on any atom is -0.380 e. The van der Waals surface area contributed by atoms with E-state index in [1.54, 1.807) is 0 Å². The number of anilines is 1. The molecule has 0 spiro atoms. The van der Waals surface area contributed by atoms with E-state index in [0.717, 1.165) is 0 Å². The predicted molar refractivity (Wildman–Crippen MR) is 46.2 cm³/mol. The van der Waals surface area contributed by atoms with Crippen LogP contribution in [0.1, 0.15) is 32.4 Å². The van der Waals surface area contributed by atoms with Crippen LogP contribution in [0.25, 0.3) is 0 Å². The molecule has 1 aromatic rings. The maximum atomic E-state index is 13.2. The molecular weight excluding hydrogens is 157 g/mol. The average molecular weight is 171 g/mol. The van der Waals surface area contributed by atoms with Crippen LogP contribution in [0.4, 0.5) is 10.2 Å². The number of rotatable bonds is 2. The summed E-state index contributed by atoms with van der Waals surface area (Å²) in [6.45, 7) is 6.00. The van der Waals surface area contributed by atoms with Gasteiger partial charge in [-0.25, -0.2) is 4.39 Å². The van der Waals surface area contributed by atoms with Crippen LogP contribution in [0, 0.1) is 11.7 Å². The van der Waals surface area contributed by atoms with Crippen LogP contribution in [0.3, 0.4) is 0 Å². The smallest absolute Gasteiger partial charge is 0.188 e. The van der Waals surface area contributed by atoms with Crippen molar-refractivity contribution in [3.63, 3.8) is 0 Å². The Kier molecular flexibility index (Phi) is 2.35. The number of halogens is 1. The lowest BCUT2D eigenvalue weighted by Gasteiger charge is -2.12. The quantitative estimate of drug-likeness (QED) is 0.713. The first-order chi connectivity index (χ1) is 5.54. The number of aromatic amines is 1. The fourth-order valence-corrected chi connectivity index (χ4v) is 0.992. The molecule has 3 nitrogen and oxygen atoms in total. The van der Waals surface area contributed by atoms with Crippen molar-refractivity contribution in [3.8, 4) is 0 Å². The Morgan fingerprint density at radius 3 is 2.33 bits per heavy atom. The molecule has 1 heterocycles. The van der Waals surface area contributed by atoms with Crippen molar-refractivity contribution in [2.45, 2.75) is 26.7 Å². The third kappa shape index (κ3) is 1.42. The van der Waals surface area contributed by atoms with Gasteiger partial charge in [0.25, 0.3) is 0 Å². The zero-order valence-electron chi connectivity index (χ0n) is 7.56. The molecule has 4 heteroatoms. The standard InChI is InChI=1S/C8H14FN3/c1-4(2)5(3)7-6(9)8(10)12-11-7/h4-5H,1-3H3,(H3,10,11,12). The molecule has 0 aliphatic rings. The van der Waals surface area contributed by atoms with Gasteiger partial charge in [-0.15, -0.1) is 0 Å². The van der Waals surface area contributed by atoms with Gasteiger partial charge in [0.05, 0.1) is 5.69 Å². The van der Waals surface area contributed by atoms with E-state index in [4.69, 9.17) is 5.73 Å². The van der Waals surface area contributed by atoms with Gasteiger partial charge in [0.15, 0.2) is 11.6 Å². The van der Waals surface area contributed by atoms with Crippen molar-refractivity contribution in [3.05, 3.63) is 11.5 Å². The fraction of sp³-hybridized carbons (Fsp3) is 0.625. The van der Waals surface area contributed by atoms with Crippen molar-refractivity contribution in [1.82, 2.24) is 10.2 Å². The van der Waals surface area contributed by atoms with Crippen LogP contribution in [0.2, 0.25) is 0 Å². The molecule has 68 valence electrons. The Morgan fingerprint density at radius 2 is 2.00 bits per heavy atom. The Balaban J connectivity index is 2.95. The van der Waals surface area contributed by atoms with E-state index < -0.39 is 5.82 Å². The summed E-state index contributed by atoms with van der Waals surface area (Å²) in [4.78, 5) is 0. The first-order valence-electron chi connectivity index (χ1n) is 4.03. The highest BCUT2D eigenvalue weighted by Crippen LogP contribution is 2.25. The molecule has 1 rings (SSSR count). The van der Waals surface area contributed by atoms with Gasteiger partial charge in [0, 0.05) is 5.92 Å². The Bertz CT molecular complexity index is 267. The molecule has 0 aliphatic carbocycles. The summed E-state index contributed by atoms with van der Waals surface area (Å²) in [6.07, 6.45) is 0. The number of hydrogen-bond donors (Lipinski definition) is 2. The zero-order valence-corrected chi connectivity index (χ0v) is 7.56. The van der Waals surface area contributed by atoms with E-state index in [1.807, 2.05) is 20.8 Å². The van der Waals surface area contributed by atoms with Crippen molar-refractivity contribution in [2.24, 2.45) is 5.92 Å². The summed E-state index contributed by atoms with van der Waals surface area (Å²) in [5, 5.41) is 6.20. The van der Waals surface area contributed by atoms with Gasteiger partial charge in [0.1, 0.15) is 0 Å². The molecule has 0 saturated heterocycles. The summed E-state index contributed by atoms with van der Waals surface area (Å²) in [5.74, 6) is 0.0443. The third-order valence-corrected chi connectivity index (χ3v) is 2.21. The number of nitrogens with one attached hydrogen (secondary N) is 1.